The first-order chi connectivity index (χ1) is 19.6. The van der Waals surface area contributed by atoms with Crippen LogP contribution >= 0.6 is 27.5 Å². The number of rotatable bonds is 6. The smallest absolute Gasteiger partial charge is 0.434 e. The van der Waals surface area contributed by atoms with E-state index in [0.29, 0.717) is 42.7 Å². The Balaban J connectivity index is 1.81. The molecule has 1 aliphatic rings. The highest BCUT2D eigenvalue weighted by molar-refractivity contribution is 9.10. The van der Waals surface area contributed by atoms with E-state index in [0.717, 1.165) is 21.6 Å². The normalized spacial score (nSPS) is 14.7. The number of aromatic nitrogens is 2. The van der Waals surface area contributed by atoms with E-state index in [2.05, 4.69) is 25.8 Å². The van der Waals surface area contributed by atoms with Gasteiger partial charge in [0, 0.05) is 42.2 Å². The summed E-state index contributed by atoms with van der Waals surface area (Å²) in [6.45, 7) is 8.80. The first kappa shape index (κ1) is 31.7. The quantitative estimate of drug-likeness (QED) is 0.394. The third kappa shape index (κ3) is 6.88. The van der Waals surface area contributed by atoms with Gasteiger partial charge < -0.3 is 14.7 Å². The number of carbonyl (C=O) groups excluding carboxylic acids is 1. The topological polar surface area (TPSA) is 142 Å². The van der Waals surface area contributed by atoms with Crippen LogP contribution in [0, 0.1) is 0 Å². The monoisotopic (exact) mass is 683 g/mol. The van der Waals surface area contributed by atoms with Crippen molar-refractivity contribution >= 4 is 66.1 Å². The molecule has 3 aromatic rings. The number of ether oxygens (including phenoxy) is 1. The van der Waals surface area contributed by atoms with E-state index in [1.54, 1.807) is 32.9 Å². The van der Waals surface area contributed by atoms with E-state index in [9.17, 15) is 27.9 Å². The Labute approximate surface area is 256 Å². The van der Waals surface area contributed by atoms with E-state index in [1.165, 1.54) is 30.0 Å². The molecule has 2 heterocycles. The van der Waals surface area contributed by atoms with Crippen LogP contribution in [0.25, 0.3) is 10.9 Å². The van der Waals surface area contributed by atoms with Gasteiger partial charge in [-0.1, -0.05) is 34.5 Å². The first-order valence-corrected chi connectivity index (χ1v) is 15.9. The van der Waals surface area contributed by atoms with Crippen LogP contribution in [-0.4, -0.2) is 82.7 Å². The molecule has 15 heteroatoms. The van der Waals surface area contributed by atoms with Gasteiger partial charge >= 0.3 is 12.2 Å². The maximum atomic E-state index is 13.9. The van der Waals surface area contributed by atoms with Crippen molar-refractivity contribution in [3.05, 3.63) is 62.1 Å². The number of sulfone groups is 1. The van der Waals surface area contributed by atoms with Crippen LogP contribution in [0.4, 0.5) is 15.3 Å². The highest BCUT2D eigenvalue weighted by Gasteiger charge is 2.31. The van der Waals surface area contributed by atoms with Gasteiger partial charge in [0.25, 0.3) is 5.56 Å². The zero-order valence-electron chi connectivity index (χ0n) is 23.5. The summed E-state index contributed by atoms with van der Waals surface area (Å²) in [6.07, 6.45) is -0.808. The zero-order valence-corrected chi connectivity index (χ0v) is 26.7. The third-order valence-electron chi connectivity index (χ3n) is 6.59. The van der Waals surface area contributed by atoms with Crippen molar-refractivity contribution in [2.75, 3.05) is 36.9 Å². The Morgan fingerprint density at radius 3 is 2.40 bits per heavy atom. The van der Waals surface area contributed by atoms with Gasteiger partial charge in [-0.3, -0.25) is 9.69 Å². The number of benzene rings is 2. The number of amides is 2. The molecule has 1 N–H and O–H groups in total. The molecule has 2 amide bonds. The predicted molar refractivity (Wildman–Crippen MR) is 162 cm³/mol. The first-order valence-electron chi connectivity index (χ1n) is 13.1. The zero-order chi connectivity index (χ0) is 31.0. The van der Waals surface area contributed by atoms with Gasteiger partial charge in [0.1, 0.15) is 11.9 Å². The molecule has 0 unspecified atom stereocenters. The lowest BCUT2D eigenvalue weighted by Crippen LogP contribution is -2.47. The molecule has 226 valence electrons. The number of hydrogen-bond acceptors (Lipinski definition) is 8. The maximum Gasteiger partial charge on any atom is 0.434 e. The van der Waals surface area contributed by atoms with E-state index >= 15 is 0 Å². The van der Waals surface area contributed by atoms with Gasteiger partial charge in [-0.2, -0.15) is 9.69 Å². The Morgan fingerprint density at radius 2 is 1.81 bits per heavy atom. The van der Waals surface area contributed by atoms with Crippen molar-refractivity contribution in [3.63, 3.8) is 0 Å². The molecule has 42 heavy (non-hydrogen) atoms. The number of anilines is 1. The van der Waals surface area contributed by atoms with Gasteiger partial charge in [0.2, 0.25) is 0 Å². The number of nitrogens with zero attached hydrogens (tertiary/aromatic N) is 5. The second-order valence-corrected chi connectivity index (χ2v) is 14.2. The van der Waals surface area contributed by atoms with Crippen molar-refractivity contribution in [1.29, 1.82) is 0 Å². The molecular weight excluding hydrogens is 654 g/mol. The fraction of sp³-hybridized carbons (Fsp3) is 0.407. The van der Waals surface area contributed by atoms with E-state index in [1.807, 2.05) is 0 Å². The van der Waals surface area contributed by atoms with Crippen LogP contribution < -0.4 is 10.6 Å². The summed E-state index contributed by atoms with van der Waals surface area (Å²) >= 11 is 9.77. The largest absolute Gasteiger partial charge is 0.465 e. The highest BCUT2D eigenvalue weighted by Crippen LogP contribution is 2.31. The van der Waals surface area contributed by atoms with Crippen LogP contribution in [0.15, 0.2) is 50.8 Å². The number of carbonyl (C=O) groups is 2. The molecule has 4 rings (SSSR count). The minimum atomic E-state index is -3.86. The molecule has 0 bridgehead atoms. The third-order valence-corrected chi connectivity index (χ3v) is 9.34. The average molecular weight is 685 g/mol. The van der Waals surface area contributed by atoms with Crippen LogP contribution in [-0.2, 0) is 21.1 Å². The highest BCUT2D eigenvalue weighted by atomic mass is 79.9. The maximum absolute atomic E-state index is 13.9. The van der Waals surface area contributed by atoms with Crippen molar-refractivity contribution in [1.82, 2.24) is 19.5 Å². The number of carboxylic acid groups (broad SMARTS) is 1. The minimum absolute atomic E-state index is 0.145. The summed E-state index contributed by atoms with van der Waals surface area (Å²) in [6, 6.07) is 7.31. The van der Waals surface area contributed by atoms with Crippen LogP contribution in [0.3, 0.4) is 0 Å². The molecule has 1 aliphatic heterocycles. The summed E-state index contributed by atoms with van der Waals surface area (Å²) in [4.78, 5) is 46.4. The van der Waals surface area contributed by atoms with Gasteiger partial charge in [-0.25, -0.2) is 23.0 Å². The van der Waals surface area contributed by atoms with Gasteiger partial charge in [-0.15, -0.1) is 0 Å². The molecule has 1 saturated heterocycles. The van der Waals surface area contributed by atoms with Gasteiger partial charge in [0.15, 0.2) is 9.84 Å². The van der Waals surface area contributed by atoms with Gasteiger partial charge in [-0.05, 0) is 56.7 Å². The van der Waals surface area contributed by atoms with Gasteiger partial charge in [0.05, 0.1) is 27.2 Å². The molecule has 1 fully saturated rings. The molecule has 0 saturated carbocycles. The Hall–Kier alpha value is -3.20. The molecule has 0 radical (unpaired) electrons. The SMILES string of the molecule is CCS(=O)(=O)c1ccc(Cl)cc1N(C(=O)OC(C)(C)C)n1cnc2cc(CN3CCN(C(=O)O)CC3)c(Br)cc2c1=O. The number of halogens is 2. The molecule has 0 spiro atoms. The summed E-state index contributed by atoms with van der Waals surface area (Å²) < 4.78 is 33.1. The minimum Gasteiger partial charge on any atom is -0.465 e. The second-order valence-electron chi connectivity index (χ2n) is 10.7. The fourth-order valence-electron chi connectivity index (χ4n) is 4.46. The lowest BCUT2D eigenvalue weighted by molar-refractivity contribution is 0.0561. The number of hydrogen-bond donors (Lipinski definition) is 1. The van der Waals surface area contributed by atoms with E-state index in [4.69, 9.17) is 16.3 Å². The standard InChI is InChI=1S/C27H31BrClN5O7S/c1-5-42(39,40)23-7-6-18(29)13-22(23)34(26(38)41-27(2,3)4)33-16-30-21-12-17(20(28)14-19(21)24(33)35)15-31-8-10-32(11-9-31)25(36)37/h6-7,12-14,16H,5,8-11,15H2,1-4H3,(H,36,37). The summed E-state index contributed by atoms with van der Waals surface area (Å²) in [5.74, 6) is -0.254. The summed E-state index contributed by atoms with van der Waals surface area (Å²) in [5.41, 5.74) is -0.577. The molecule has 0 aliphatic carbocycles. The molecule has 1 aromatic heterocycles. The van der Waals surface area contributed by atoms with Crippen LogP contribution in [0.2, 0.25) is 5.02 Å². The fourth-order valence-corrected chi connectivity index (χ4v) is 6.15. The van der Waals surface area contributed by atoms with E-state index < -0.39 is 33.2 Å². The van der Waals surface area contributed by atoms with Crippen LogP contribution in [0.5, 0.6) is 0 Å². The Morgan fingerprint density at radius 1 is 1.14 bits per heavy atom. The molecule has 2 aromatic carbocycles. The van der Waals surface area contributed by atoms with Crippen molar-refractivity contribution in [3.8, 4) is 0 Å². The molecular formula is C27H31BrClN5O7S. The number of fused-ring (bicyclic) bond motifs is 1. The predicted octanol–water partition coefficient (Wildman–Crippen LogP) is 4.61. The Kier molecular flexibility index (Phi) is 9.21. The molecule has 12 nitrogen and oxygen atoms in total. The summed E-state index contributed by atoms with van der Waals surface area (Å²) in [5, 5.41) is 10.3. The summed E-state index contributed by atoms with van der Waals surface area (Å²) in [7, 11) is -3.86. The van der Waals surface area contributed by atoms with Crippen molar-refractivity contribution in [2.24, 2.45) is 0 Å². The van der Waals surface area contributed by atoms with Crippen LogP contribution in [0.1, 0.15) is 33.3 Å². The van der Waals surface area contributed by atoms with Crippen molar-refractivity contribution in [2.45, 2.75) is 44.7 Å². The number of piperazine rings is 1. The average Bonchev–Trinajstić information content (AvgIpc) is 2.90. The molecule has 0 atom stereocenters. The lowest BCUT2D eigenvalue weighted by Gasteiger charge is -2.33. The Bertz CT molecular complexity index is 1700. The lowest BCUT2D eigenvalue weighted by atomic mass is 10.1. The van der Waals surface area contributed by atoms with Crippen molar-refractivity contribution < 1.29 is 27.9 Å². The second kappa shape index (κ2) is 12.2. The van der Waals surface area contributed by atoms with E-state index in [-0.39, 0.29) is 26.7 Å².